The monoisotopic (exact) mass is 743 g/mol. The Balaban J connectivity index is 1.20. The van der Waals surface area contributed by atoms with Gasteiger partial charge in [-0.25, -0.2) is 15.0 Å². The molecular weight excluding hydrogens is 715 g/mol. The van der Waals surface area contributed by atoms with E-state index < -0.39 is 5.41 Å². The Bertz CT molecular complexity index is 3490. The SMILES string of the molecule is c1ccc2c(c1)Oc1ccccc1C21c2cccc(-c3nc(-c4nc5ccccc5c5ccccc45)nc4c3sc3ccccc34)c2-c2c1ccc1ccccc21. The summed E-state index contributed by atoms with van der Waals surface area (Å²) >= 11 is 1.76. The van der Waals surface area contributed by atoms with Crippen molar-refractivity contribution in [1.29, 1.82) is 0 Å². The maximum absolute atomic E-state index is 6.69. The summed E-state index contributed by atoms with van der Waals surface area (Å²) in [5.41, 5.74) is 11.2. The van der Waals surface area contributed by atoms with E-state index in [1.165, 1.54) is 37.7 Å². The topological polar surface area (TPSA) is 47.9 Å². The van der Waals surface area contributed by atoms with Gasteiger partial charge in [0, 0.05) is 37.5 Å². The molecule has 2 aliphatic rings. The Kier molecular flexibility index (Phi) is 6.22. The normalized spacial score (nSPS) is 13.5. The smallest absolute Gasteiger partial charge is 0.180 e. The van der Waals surface area contributed by atoms with Crippen LogP contribution in [0.5, 0.6) is 11.5 Å². The maximum atomic E-state index is 6.69. The van der Waals surface area contributed by atoms with E-state index in [1.54, 1.807) is 11.3 Å². The van der Waals surface area contributed by atoms with E-state index in [0.717, 1.165) is 76.9 Å². The summed E-state index contributed by atoms with van der Waals surface area (Å²) in [5, 5.41) is 6.82. The van der Waals surface area contributed by atoms with Gasteiger partial charge in [-0.15, -0.1) is 11.3 Å². The number of benzene rings is 8. The van der Waals surface area contributed by atoms with Crippen LogP contribution in [-0.2, 0) is 5.41 Å². The number of para-hydroxylation sites is 3. The van der Waals surface area contributed by atoms with Crippen molar-refractivity contribution in [2.75, 3.05) is 0 Å². The molecule has 0 N–H and O–H groups in total. The standard InChI is InChI=1S/C52H29N3OS/c1-2-15-31-30(14-1)28-29-40-45(31)46-36(20-13-23-39(46)52(40)37-21-7-10-25-42(37)56-43-26-11-8-22-38(43)52)48-50-47(35-19-6-12-27-44(35)57-50)54-51(55-48)49-34-18-4-3-16-32(34)33-17-5-9-24-41(33)53-49/h1-29H. The molecule has 4 nitrogen and oxygen atoms in total. The highest BCUT2D eigenvalue weighted by Crippen LogP contribution is 2.64. The van der Waals surface area contributed by atoms with Gasteiger partial charge >= 0.3 is 0 Å². The third kappa shape index (κ3) is 4.08. The molecule has 264 valence electrons. The quantitative estimate of drug-likeness (QED) is 0.165. The average Bonchev–Trinajstić information content (AvgIpc) is 3.80. The van der Waals surface area contributed by atoms with Crippen molar-refractivity contribution in [3.05, 3.63) is 198 Å². The van der Waals surface area contributed by atoms with Crippen LogP contribution in [0, 0.1) is 0 Å². The molecule has 1 aliphatic carbocycles. The highest BCUT2D eigenvalue weighted by molar-refractivity contribution is 7.26. The minimum atomic E-state index is -0.624. The molecule has 4 heterocycles. The molecule has 1 aliphatic heterocycles. The third-order valence-corrected chi connectivity index (χ3v) is 13.3. The number of ether oxygens (including phenoxy) is 1. The summed E-state index contributed by atoms with van der Waals surface area (Å²) in [6.07, 6.45) is 0. The first-order valence-electron chi connectivity index (χ1n) is 19.3. The molecule has 8 aromatic carbocycles. The van der Waals surface area contributed by atoms with Gasteiger partial charge in [-0.2, -0.15) is 0 Å². The van der Waals surface area contributed by atoms with Gasteiger partial charge < -0.3 is 4.74 Å². The minimum Gasteiger partial charge on any atom is -0.457 e. The van der Waals surface area contributed by atoms with Crippen molar-refractivity contribution in [2.45, 2.75) is 5.41 Å². The molecule has 57 heavy (non-hydrogen) atoms. The van der Waals surface area contributed by atoms with Gasteiger partial charge in [0.1, 0.15) is 17.2 Å². The molecule has 11 aromatic rings. The zero-order valence-corrected chi connectivity index (χ0v) is 31.2. The van der Waals surface area contributed by atoms with Crippen LogP contribution in [0.2, 0.25) is 0 Å². The third-order valence-electron chi connectivity index (χ3n) is 12.1. The summed E-state index contributed by atoms with van der Waals surface area (Å²) in [6, 6.07) is 62.8. The number of hydrogen-bond donors (Lipinski definition) is 0. The number of hydrogen-bond acceptors (Lipinski definition) is 5. The fourth-order valence-corrected chi connectivity index (χ4v) is 11.0. The molecule has 0 radical (unpaired) electrons. The molecule has 13 rings (SSSR count). The zero-order valence-electron chi connectivity index (χ0n) is 30.4. The summed E-state index contributed by atoms with van der Waals surface area (Å²) in [7, 11) is 0. The molecular formula is C52H29N3OS. The fraction of sp³-hybridized carbons (Fsp3) is 0.0192. The van der Waals surface area contributed by atoms with Crippen LogP contribution in [0.4, 0.5) is 0 Å². The van der Waals surface area contributed by atoms with E-state index >= 15 is 0 Å². The molecule has 0 amide bonds. The van der Waals surface area contributed by atoms with Crippen molar-refractivity contribution >= 4 is 64.1 Å². The van der Waals surface area contributed by atoms with Gasteiger partial charge in [0.25, 0.3) is 0 Å². The van der Waals surface area contributed by atoms with Gasteiger partial charge in [0.2, 0.25) is 0 Å². The van der Waals surface area contributed by atoms with Crippen LogP contribution < -0.4 is 4.74 Å². The van der Waals surface area contributed by atoms with Crippen molar-refractivity contribution in [3.8, 4) is 45.4 Å². The summed E-state index contributed by atoms with van der Waals surface area (Å²) in [4.78, 5) is 16.4. The van der Waals surface area contributed by atoms with Gasteiger partial charge in [-0.05, 0) is 62.7 Å². The van der Waals surface area contributed by atoms with Crippen LogP contribution >= 0.6 is 11.3 Å². The van der Waals surface area contributed by atoms with Crippen LogP contribution in [0.15, 0.2) is 176 Å². The summed E-state index contributed by atoms with van der Waals surface area (Å²) in [6.45, 7) is 0. The molecule has 0 bridgehead atoms. The molecule has 0 atom stereocenters. The Morgan fingerprint density at radius 2 is 1.05 bits per heavy atom. The van der Waals surface area contributed by atoms with Gasteiger partial charge in [-0.1, -0.05) is 152 Å². The lowest BCUT2D eigenvalue weighted by Crippen LogP contribution is -2.32. The number of thiophene rings is 1. The Morgan fingerprint density at radius 1 is 0.421 bits per heavy atom. The van der Waals surface area contributed by atoms with Crippen LogP contribution in [0.3, 0.4) is 0 Å². The first kappa shape index (κ1) is 31.0. The van der Waals surface area contributed by atoms with E-state index in [2.05, 4.69) is 170 Å². The highest BCUT2D eigenvalue weighted by atomic mass is 32.1. The average molecular weight is 744 g/mol. The Morgan fingerprint density at radius 3 is 1.88 bits per heavy atom. The second-order valence-corrected chi connectivity index (χ2v) is 16.0. The van der Waals surface area contributed by atoms with E-state index in [9.17, 15) is 0 Å². The van der Waals surface area contributed by atoms with Gasteiger partial charge in [0.15, 0.2) is 5.82 Å². The molecule has 0 saturated heterocycles. The second-order valence-electron chi connectivity index (χ2n) is 15.0. The molecule has 5 heteroatoms. The lowest BCUT2D eigenvalue weighted by molar-refractivity contribution is 0.436. The van der Waals surface area contributed by atoms with E-state index in [1.807, 2.05) is 6.07 Å². The van der Waals surface area contributed by atoms with Crippen molar-refractivity contribution in [1.82, 2.24) is 15.0 Å². The number of pyridine rings is 1. The molecule has 1 spiro atoms. The lowest BCUT2D eigenvalue weighted by atomic mass is 9.66. The molecule has 0 saturated carbocycles. The maximum Gasteiger partial charge on any atom is 0.180 e. The van der Waals surface area contributed by atoms with E-state index in [0.29, 0.717) is 5.82 Å². The number of rotatable bonds is 2. The van der Waals surface area contributed by atoms with Gasteiger partial charge in [0.05, 0.1) is 26.8 Å². The number of aromatic nitrogens is 3. The van der Waals surface area contributed by atoms with Crippen molar-refractivity contribution < 1.29 is 4.74 Å². The first-order chi connectivity index (χ1) is 28.3. The van der Waals surface area contributed by atoms with Crippen molar-refractivity contribution in [3.63, 3.8) is 0 Å². The zero-order chi connectivity index (χ0) is 37.2. The Labute approximate surface area is 331 Å². The minimum absolute atomic E-state index is 0.619. The van der Waals surface area contributed by atoms with Crippen molar-refractivity contribution in [2.24, 2.45) is 0 Å². The summed E-state index contributed by atoms with van der Waals surface area (Å²) < 4.78 is 8.94. The fourth-order valence-electron chi connectivity index (χ4n) is 9.86. The van der Waals surface area contributed by atoms with Crippen LogP contribution in [0.1, 0.15) is 22.3 Å². The summed E-state index contributed by atoms with van der Waals surface area (Å²) in [5.74, 6) is 2.37. The molecule has 0 unspecified atom stereocenters. The predicted molar refractivity (Wildman–Crippen MR) is 233 cm³/mol. The van der Waals surface area contributed by atoms with E-state index in [4.69, 9.17) is 19.7 Å². The Hall–Kier alpha value is -7.21. The van der Waals surface area contributed by atoms with E-state index in [-0.39, 0.29) is 0 Å². The van der Waals surface area contributed by atoms with Crippen LogP contribution in [-0.4, -0.2) is 15.0 Å². The van der Waals surface area contributed by atoms with Crippen LogP contribution in [0.25, 0.3) is 86.7 Å². The first-order valence-corrected chi connectivity index (χ1v) is 20.1. The number of fused-ring (bicyclic) bond motifs is 17. The van der Waals surface area contributed by atoms with Gasteiger partial charge in [-0.3, -0.25) is 0 Å². The highest BCUT2D eigenvalue weighted by Gasteiger charge is 2.52. The molecule has 0 fully saturated rings. The predicted octanol–water partition coefficient (Wildman–Crippen LogP) is 13.5. The lowest BCUT2D eigenvalue weighted by Gasteiger charge is -2.39. The largest absolute Gasteiger partial charge is 0.457 e. The number of nitrogens with zero attached hydrogens (tertiary/aromatic N) is 3. The molecule has 3 aromatic heterocycles. The second kappa shape index (κ2) is 11.4.